The Bertz CT molecular complexity index is 395. The Kier molecular flexibility index (Phi) is 6.92. The van der Waals surface area contributed by atoms with Gasteiger partial charge in [-0.1, -0.05) is 21.6 Å². The monoisotopic (exact) mass is 349 g/mol. The van der Waals surface area contributed by atoms with Gasteiger partial charge in [-0.05, 0) is 53.9 Å². The van der Waals surface area contributed by atoms with E-state index in [1.165, 1.54) is 0 Å². The molecule has 0 saturated carbocycles. The van der Waals surface area contributed by atoms with Crippen molar-refractivity contribution in [3.63, 3.8) is 0 Å². The van der Waals surface area contributed by atoms with Crippen LogP contribution >= 0.6 is 21.6 Å². The van der Waals surface area contributed by atoms with Crippen LogP contribution in [0.15, 0.2) is 0 Å². The summed E-state index contributed by atoms with van der Waals surface area (Å²) in [5.41, 5.74) is -1.17. The lowest BCUT2D eigenvalue weighted by Crippen LogP contribution is -2.47. The molecular weight excluding hydrogens is 322 g/mol. The van der Waals surface area contributed by atoms with Gasteiger partial charge in [-0.3, -0.25) is 0 Å². The third kappa shape index (κ3) is 8.17. The van der Waals surface area contributed by atoms with E-state index in [0.29, 0.717) is 12.3 Å². The van der Waals surface area contributed by atoms with Gasteiger partial charge in [0.15, 0.2) is 0 Å². The zero-order chi connectivity index (χ0) is 17.0. The number of rotatable bonds is 4. The molecule has 22 heavy (non-hydrogen) atoms. The van der Waals surface area contributed by atoms with E-state index in [4.69, 9.17) is 9.47 Å². The molecule has 0 radical (unpaired) electrons. The molecule has 1 heterocycles. The summed E-state index contributed by atoms with van der Waals surface area (Å²) in [6.07, 6.45) is -0.00426. The molecular formula is C15H27NO4S2. The summed E-state index contributed by atoms with van der Waals surface area (Å²) >= 11 is 0. The number of nitrogens with one attached hydrogen (secondary N) is 1. The lowest BCUT2D eigenvalue weighted by atomic mass is 10.0. The van der Waals surface area contributed by atoms with Crippen LogP contribution < -0.4 is 5.32 Å². The van der Waals surface area contributed by atoms with Gasteiger partial charge in [-0.2, -0.15) is 0 Å². The van der Waals surface area contributed by atoms with Gasteiger partial charge in [-0.15, -0.1) is 0 Å². The first-order chi connectivity index (χ1) is 9.96. The van der Waals surface area contributed by atoms with Crippen LogP contribution in [0.1, 0.15) is 48.0 Å². The number of hydrogen-bond acceptors (Lipinski definition) is 6. The van der Waals surface area contributed by atoms with Crippen LogP contribution in [0.4, 0.5) is 4.79 Å². The minimum atomic E-state index is -0.668. The van der Waals surface area contributed by atoms with Gasteiger partial charge in [0.1, 0.15) is 17.2 Å². The number of hydrogen-bond donors (Lipinski definition) is 1. The van der Waals surface area contributed by atoms with Crippen LogP contribution in [0.25, 0.3) is 0 Å². The van der Waals surface area contributed by atoms with E-state index in [-0.39, 0.29) is 0 Å². The number of esters is 1. The normalized spacial score (nSPS) is 17.9. The molecule has 0 bridgehead atoms. The smallest absolute Gasteiger partial charge is 0.408 e. The van der Waals surface area contributed by atoms with E-state index in [1.54, 1.807) is 42.4 Å². The molecule has 0 spiro atoms. The van der Waals surface area contributed by atoms with E-state index in [1.807, 2.05) is 20.8 Å². The molecule has 128 valence electrons. The Morgan fingerprint density at radius 1 is 1.05 bits per heavy atom. The molecule has 0 aromatic rings. The van der Waals surface area contributed by atoms with Gasteiger partial charge >= 0.3 is 12.1 Å². The van der Waals surface area contributed by atoms with Crippen LogP contribution in [0, 0.1) is 5.92 Å². The van der Waals surface area contributed by atoms with E-state index in [0.717, 1.165) is 11.5 Å². The van der Waals surface area contributed by atoms with Crippen LogP contribution in [0.5, 0.6) is 0 Å². The molecule has 1 aliphatic heterocycles. The maximum Gasteiger partial charge on any atom is 0.408 e. The molecule has 0 aliphatic carbocycles. The molecule has 1 aliphatic rings. The fourth-order valence-electron chi connectivity index (χ4n) is 1.84. The molecule has 0 aromatic carbocycles. The molecule has 1 saturated heterocycles. The summed E-state index contributed by atoms with van der Waals surface area (Å²) in [5.74, 6) is 1.96. The van der Waals surface area contributed by atoms with Crippen LogP contribution in [0.3, 0.4) is 0 Å². The Morgan fingerprint density at radius 3 is 2.00 bits per heavy atom. The fourth-order valence-corrected chi connectivity index (χ4v) is 4.81. The molecule has 0 aromatic heterocycles. The third-order valence-electron chi connectivity index (χ3n) is 2.64. The number of amides is 1. The highest BCUT2D eigenvalue weighted by molar-refractivity contribution is 8.77. The lowest BCUT2D eigenvalue weighted by Gasteiger charge is -2.27. The van der Waals surface area contributed by atoms with Gasteiger partial charge < -0.3 is 14.8 Å². The SMILES string of the molecule is CC(C)(C)OC(=O)N[C@@H](CC1CSSC1)C(=O)OC(C)(C)C. The maximum absolute atomic E-state index is 12.3. The van der Waals surface area contributed by atoms with Crippen molar-refractivity contribution in [3.8, 4) is 0 Å². The average Bonchev–Trinajstić information content (AvgIpc) is 2.75. The predicted molar refractivity (Wildman–Crippen MR) is 92.0 cm³/mol. The molecule has 1 N–H and O–H groups in total. The second-order valence-electron chi connectivity index (χ2n) is 7.40. The van der Waals surface area contributed by atoms with Crippen molar-refractivity contribution in [3.05, 3.63) is 0 Å². The standard InChI is InChI=1S/C15H27NO4S2/c1-14(2,3)19-12(17)11(7-10-8-21-22-9-10)16-13(18)20-15(4,5)6/h10-11H,7-9H2,1-6H3,(H,16,18)/t11-/m0/s1. The van der Waals surface area contributed by atoms with E-state index >= 15 is 0 Å². The summed E-state index contributed by atoms with van der Waals surface area (Å²) in [7, 11) is 3.60. The van der Waals surface area contributed by atoms with Gasteiger partial charge in [-0.25, -0.2) is 9.59 Å². The molecule has 0 unspecified atom stereocenters. The van der Waals surface area contributed by atoms with E-state index in [2.05, 4.69) is 5.32 Å². The van der Waals surface area contributed by atoms with E-state index in [9.17, 15) is 9.59 Å². The van der Waals surface area contributed by atoms with Crippen molar-refractivity contribution < 1.29 is 19.1 Å². The number of alkyl carbamates (subject to hydrolysis) is 1. The second-order valence-corrected chi connectivity index (χ2v) is 9.96. The molecule has 1 fully saturated rings. The highest BCUT2D eigenvalue weighted by Gasteiger charge is 2.32. The van der Waals surface area contributed by atoms with Crippen molar-refractivity contribution in [1.82, 2.24) is 5.32 Å². The van der Waals surface area contributed by atoms with Gasteiger partial charge in [0.05, 0.1) is 0 Å². The minimum absolute atomic E-state index is 0.391. The first kappa shape index (κ1) is 19.5. The Morgan fingerprint density at radius 2 is 1.55 bits per heavy atom. The van der Waals surface area contributed by atoms with Crippen molar-refractivity contribution in [2.75, 3.05) is 11.5 Å². The zero-order valence-corrected chi connectivity index (χ0v) is 15.9. The number of carbonyl (C=O) groups excluding carboxylic acids is 2. The van der Waals surface area contributed by atoms with Gasteiger partial charge in [0.2, 0.25) is 0 Å². The average molecular weight is 350 g/mol. The van der Waals surface area contributed by atoms with Gasteiger partial charge in [0.25, 0.3) is 0 Å². The van der Waals surface area contributed by atoms with Crippen molar-refractivity contribution in [1.29, 1.82) is 0 Å². The number of carbonyl (C=O) groups is 2. The molecule has 1 amide bonds. The maximum atomic E-state index is 12.3. The summed E-state index contributed by atoms with van der Waals surface area (Å²) in [5, 5.41) is 2.67. The van der Waals surface area contributed by atoms with Crippen LogP contribution in [-0.2, 0) is 14.3 Å². The van der Waals surface area contributed by atoms with Crippen molar-refractivity contribution >= 4 is 33.7 Å². The Balaban J connectivity index is 2.68. The highest BCUT2D eigenvalue weighted by Crippen LogP contribution is 2.36. The third-order valence-corrected chi connectivity index (χ3v) is 5.34. The molecule has 1 atom stereocenters. The van der Waals surface area contributed by atoms with Crippen molar-refractivity contribution in [2.45, 2.75) is 65.2 Å². The summed E-state index contributed by atoms with van der Waals surface area (Å²) in [6, 6.07) is -0.668. The van der Waals surface area contributed by atoms with Crippen LogP contribution in [0.2, 0.25) is 0 Å². The first-order valence-electron chi connectivity index (χ1n) is 7.43. The summed E-state index contributed by atoms with van der Waals surface area (Å²) in [4.78, 5) is 24.3. The molecule has 7 heteroatoms. The number of ether oxygens (including phenoxy) is 2. The van der Waals surface area contributed by atoms with Crippen molar-refractivity contribution in [2.24, 2.45) is 5.92 Å². The summed E-state index contributed by atoms with van der Waals surface area (Å²) < 4.78 is 10.7. The lowest BCUT2D eigenvalue weighted by molar-refractivity contribution is -0.157. The summed E-state index contributed by atoms with van der Waals surface area (Å²) in [6.45, 7) is 10.8. The Labute approximate surface area is 141 Å². The zero-order valence-electron chi connectivity index (χ0n) is 14.2. The first-order valence-corrected chi connectivity index (χ1v) is 9.92. The largest absolute Gasteiger partial charge is 0.458 e. The van der Waals surface area contributed by atoms with Crippen LogP contribution in [-0.4, -0.2) is 40.8 Å². The predicted octanol–water partition coefficient (Wildman–Crippen LogP) is 3.62. The topological polar surface area (TPSA) is 64.6 Å². The molecule has 5 nitrogen and oxygen atoms in total. The molecule has 1 rings (SSSR count). The second kappa shape index (κ2) is 7.81. The fraction of sp³-hybridized carbons (Fsp3) is 0.867. The minimum Gasteiger partial charge on any atom is -0.458 e. The van der Waals surface area contributed by atoms with Gasteiger partial charge in [0, 0.05) is 11.5 Å². The van der Waals surface area contributed by atoms with E-state index < -0.39 is 29.3 Å². The quantitative estimate of drug-likeness (QED) is 0.618. The highest BCUT2D eigenvalue weighted by atomic mass is 33.1. The Hall–Kier alpha value is -0.560.